The average molecular weight is 556 g/mol. The fourth-order valence-corrected chi connectivity index (χ4v) is 6.30. The SMILES string of the molecule is CCCCCCCCCCCCCCCc1nn2c(COC)nnc2/c1=C\c1ccc(N(CC)CCCC)s1. The highest BCUT2D eigenvalue weighted by Gasteiger charge is 2.15. The monoisotopic (exact) mass is 555 g/mol. The summed E-state index contributed by atoms with van der Waals surface area (Å²) in [6, 6.07) is 4.50. The highest BCUT2D eigenvalue weighted by Crippen LogP contribution is 2.27. The summed E-state index contributed by atoms with van der Waals surface area (Å²) < 4.78 is 7.23. The Labute approximate surface area is 241 Å². The molecule has 0 aliphatic heterocycles. The highest BCUT2D eigenvalue weighted by molar-refractivity contribution is 7.16. The van der Waals surface area contributed by atoms with Crippen LogP contribution in [0.3, 0.4) is 0 Å². The van der Waals surface area contributed by atoms with E-state index in [2.05, 4.69) is 54.1 Å². The maximum Gasteiger partial charge on any atom is 0.187 e. The van der Waals surface area contributed by atoms with Gasteiger partial charge in [0.05, 0.1) is 10.7 Å². The molecule has 7 heteroatoms. The van der Waals surface area contributed by atoms with Crippen LogP contribution >= 0.6 is 11.3 Å². The number of hydrogen-bond acceptors (Lipinski definition) is 6. The zero-order valence-corrected chi connectivity index (χ0v) is 26.0. The first-order valence-corrected chi connectivity index (χ1v) is 16.6. The molecule has 0 aromatic carbocycles. The van der Waals surface area contributed by atoms with Gasteiger partial charge in [-0.15, -0.1) is 21.5 Å². The van der Waals surface area contributed by atoms with E-state index in [4.69, 9.17) is 9.84 Å². The lowest BCUT2D eigenvalue weighted by Crippen LogP contribution is -2.22. The van der Waals surface area contributed by atoms with Crippen molar-refractivity contribution in [3.05, 3.63) is 33.7 Å². The van der Waals surface area contributed by atoms with E-state index in [9.17, 15) is 0 Å². The molecule has 39 heavy (non-hydrogen) atoms. The molecule has 218 valence electrons. The fraction of sp³-hybridized carbons (Fsp3) is 0.719. The van der Waals surface area contributed by atoms with E-state index >= 15 is 0 Å². The number of ether oxygens (including phenoxy) is 1. The molecule has 0 amide bonds. The third kappa shape index (κ3) is 10.2. The lowest BCUT2D eigenvalue weighted by Gasteiger charge is -2.20. The van der Waals surface area contributed by atoms with Crippen LogP contribution in [0.2, 0.25) is 0 Å². The summed E-state index contributed by atoms with van der Waals surface area (Å²) in [5, 5.41) is 16.3. The highest BCUT2D eigenvalue weighted by atomic mass is 32.1. The van der Waals surface area contributed by atoms with Crippen molar-refractivity contribution in [1.29, 1.82) is 0 Å². The van der Waals surface area contributed by atoms with Crippen molar-refractivity contribution in [2.45, 2.75) is 130 Å². The second-order valence-corrected chi connectivity index (χ2v) is 12.0. The fourth-order valence-electron chi connectivity index (χ4n) is 5.26. The van der Waals surface area contributed by atoms with Crippen molar-refractivity contribution in [2.24, 2.45) is 0 Å². The molecule has 3 heterocycles. The van der Waals surface area contributed by atoms with E-state index in [-0.39, 0.29) is 0 Å². The summed E-state index contributed by atoms with van der Waals surface area (Å²) >= 11 is 1.86. The third-order valence-electron chi connectivity index (χ3n) is 7.64. The number of aromatic nitrogens is 4. The first-order valence-electron chi connectivity index (χ1n) is 15.8. The van der Waals surface area contributed by atoms with Crippen LogP contribution in [0.15, 0.2) is 12.1 Å². The van der Waals surface area contributed by atoms with Gasteiger partial charge in [-0.25, -0.2) is 0 Å². The van der Waals surface area contributed by atoms with E-state index in [1.54, 1.807) is 7.11 Å². The smallest absolute Gasteiger partial charge is 0.187 e. The Morgan fingerprint density at radius 1 is 0.821 bits per heavy atom. The van der Waals surface area contributed by atoms with Crippen molar-refractivity contribution in [3.8, 4) is 0 Å². The number of nitrogens with zero attached hydrogens (tertiary/aromatic N) is 5. The molecule has 0 spiro atoms. The van der Waals surface area contributed by atoms with Gasteiger partial charge in [0.2, 0.25) is 0 Å². The van der Waals surface area contributed by atoms with Crippen molar-refractivity contribution < 1.29 is 4.74 Å². The van der Waals surface area contributed by atoms with Gasteiger partial charge in [0.1, 0.15) is 6.61 Å². The molecule has 3 rings (SSSR count). The number of aryl methyl sites for hydroxylation is 1. The molecular formula is C32H53N5OS. The number of rotatable bonds is 22. The maximum absolute atomic E-state index is 5.34. The van der Waals surface area contributed by atoms with Crippen molar-refractivity contribution in [2.75, 3.05) is 25.1 Å². The van der Waals surface area contributed by atoms with E-state index in [0.29, 0.717) is 6.61 Å². The van der Waals surface area contributed by atoms with Gasteiger partial charge in [-0.05, 0) is 44.4 Å². The van der Waals surface area contributed by atoms with Crippen LogP contribution in [0.25, 0.3) is 11.7 Å². The molecule has 0 fully saturated rings. The quantitative estimate of drug-likeness (QED) is 0.117. The minimum Gasteiger partial charge on any atom is -0.377 e. The van der Waals surface area contributed by atoms with Gasteiger partial charge in [-0.2, -0.15) is 9.61 Å². The molecule has 0 N–H and O–H groups in total. The van der Waals surface area contributed by atoms with Crippen LogP contribution in [0.4, 0.5) is 5.00 Å². The number of anilines is 1. The van der Waals surface area contributed by atoms with Crippen molar-refractivity contribution in [1.82, 2.24) is 19.8 Å². The third-order valence-corrected chi connectivity index (χ3v) is 8.74. The lowest BCUT2D eigenvalue weighted by atomic mass is 10.0. The molecule has 3 aromatic heterocycles. The lowest BCUT2D eigenvalue weighted by molar-refractivity contribution is 0.176. The zero-order chi connectivity index (χ0) is 27.7. The van der Waals surface area contributed by atoms with Crippen LogP contribution in [0, 0.1) is 0 Å². The second kappa shape index (κ2) is 18.4. The van der Waals surface area contributed by atoms with Crippen LogP contribution < -0.4 is 10.1 Å². The molecule has 0 atom stereocenters. The van der Waals surface area contributed by atoms with Gasteiger partial charge in [0.15, 0.2) is 11.5 Å². The predicted octanol–water partition coefficient (Wildman–Crippen LogP) is 8.14. The Morgan fingerprint density at radius 3 is 2.08 bits per heavy atom. The second-order valence-electron chi connectivity index (χ2n) is 10.9. The van der Waals surface area contributed by atoms with Crippen molar-refractivity contribution in [3.63, 3.8) is 0 Å². The molecule has 0 aliphatic rings. The van der Waals surface area contributed by atoms with E-state index in [1.807, 2.05) is 15.9 Å². The van der Waals surface area contributed by atoms with Gasteiger partial charge in [0, 0.05) is 30.3 Å². The molecule has 0 bridgehead atoms. The van der Waals surface area contributed by atoms with Gasteiger partial charge in [-0.1, -0.05) is 97.3 Å². The maximum atomic E-state index is 5.34. The number of thiophene rings is 1. The topological polar surface area (TPSA) is 55.6 Å². The summed E-state index contributed by atoms with van der Waals surface area (Å²) in [5.74, 6) is 0.766. The Bertz CT molecular complexity index is 1110. The molecule has 0 radical (unpaired) electrons. The van der Waals surface area contributed by atoms with Crippen LogP contribution in [-0.2, 0) is 17.8 Å². The minimum absolute atomic E-state index is 0.418. The summed E-state index contributed by atoms with van der Waals surface area (Å²) in [6.45, 7) is 9.36. The summed E-state index contributed by atoms with van der Waals surface area (Å²) in [6.07, 6.45) is 23.5. The first-order chi connectivity index (χ1) is 19.2. The van der Waals surface area contributed by atoms with Gasteiger partial charge in [0.25, 0.3) is 0 Å². The Hall–Kier alpha value is -1.99. The van der Waals surface area contributed by atoms with Gasteiger partial charge in [-0.3, -0.25) is 0 Å². The molecule has 0 saturated heterocycles. The summed E-state index contributed by atoms with van der Waals surface area (Å²) in [4.78, 5) is 3.73. The number of methoxy groups -OCH3 is 1. The molecule has 0 unspecified atom stereocenters. The Kier molecular flexibility index (Phi) is 14.9. The van der Waals surface area contributed by atoms with Crippen LogP contribution in [-0.4, -0.2) is 40.0 Å². The number of unbranched alkanes of at least 4 members (excludes halogenated alkanes) is 13. The van der Waals surface area contributed by atoms with Gasteiger partial charge < -0.3 is 9.64 Å². The molecular weight excluding hydrogens is 502 g/mol. The van der Waals surface area contributed by atoms with Crippen LogP contribution in [0.5, 0.6) is 0 Å². The summed E-state index contributed by atoms with van der Waals surface area (Å²) in [7, 11) is 1.69. The van der Waals surface area contributed by atoms with Gasteiger partial charge >= 0.3 is 0 Å². The van der Waals surface area contributed by atoms with E-state index < -0.39 is 0 Å². The normalized spacial score (nSPS) is 12.3. The largest absolute Gasteiger partial charge is 0.377 e. The van der Waals surface area contributed by atoms with Crippen molar-refractivity contribution >= 4 is 28.1 Å². The first kappa shape index (κ1) is 31.5. The number of hydrogen-bond donors (Lipinski definition) is 0. The number of fused-ring (bicyclic) bond motifs is 1. The molecule has 6 nitrogen and oxygen atoms in total. The molecule has 0 aliphatic carbocycles. The Balaban J connectivity index is 1.55. The average Bonchev–Trinajstić information content (AvgIpc) is 3.65. The standard InChI is InChI=1S/C32H53N5OS/c1-5-8-10-11-12-13-14-15-16-17-18-19-20-21-29-28(32-34-33-30(26-38-4)37(32)35-29)25-27-22-23-31(39-27)36(7-3)24-9-6-2/h22-23,25H,5-21,24,26H2,1-4H3/b28-25-. The predicted molar refractivity (Wildman–Crippen MR) is 167 cm³/mol. The molecule has 0 saturated carbocycles. The minimum atomic E-state index is 0.418. The molecule has 3 aromatic rings. The zero-order valence-electron chi connectivity index (χ0n) is 25.2. The van der Waals surface area contributed by atoms with Crippen LogP contribution in [0.1, 0.15) is 133 Å². The van der Waals surface area contributed by atoms with E-state index in [0.717, 1.165) is 41.9 Å². The summed E-state index contributed by atoms with van der Waals surface area (Å²) in [5.41, 5.74) is 1.98. The van der Waals surface area contributed by atoms with E-state index in [1.165, 1.54) is 106 Å². The Morgan fingerprint density at radius 2 is 1.46 bits per heavy atom.